The van der Waals surface area contributed by atoms with Gasteiger partial charge in [0.2, 0.25) is 0 Å². The molecule has 0 radical (unpaired) electrons. The second kappa shape index (κ2) is 5.87. The number of hydrogen-bond donors (Lipinski definition) is 1. The SMILES string of the molecule is Cc1cc(N2CCc3cc(F)ccc3C2)cc(C#CC2CC2)c1N. The van der Waals surface area contributed by atoms with Gasteiger partial charge in [-0.1, -0.05) is 17.9 Å². The number of rotatable bonds is 1. The van der Waals surface area contributed by atoms with Crippen molar-refractivity contribution in [3.63, 3.8) is 0 Å². The molecule has 0 saturated heterocycles. The van der Waals surface area contributed by atoms with Gasteiger partial charge in [-0.3, -0.25) is 0 Å². The number of nitrogen functional groups attached to an aromatic ring is 1. The molecular weight excluding hydrogens is 299 g/mol. The molecule has 0 spiro atoms. The van der Waals surface area contributed by atoms with E-state index < -0.39 is 0 Å². The molecule has 0 amide bonds. The molecule has 1 fully saturated rings. The first-order valence-electron chi connectivity index (χ1n) is 8.54. The van der Waals surface area contributed by atoms with E-state index >= 15 is 0 Å². The van der Waals surface area contributed by atoms with E-state index in [0.29, 0.717) is 5.92 Å². The minimum atomic E-state index is -0.150. The van der Waals surface area contributed by atoms with Crippen molar-refractivity contribution in [1.29, 1.82) is 0 Å². The van der Waals surface area contributed by atoms with Crippen LogP contribution in [-0.2, 0) is 13.0 Å². The van der Waals surface area contributed by atoms with Gasteiger partial charge in [0.05, 0.1) is 5.69 Å². The van der Waals surface area contributed by atoms with Gasteiger partial charge < -0.3 is 10.6 Å². The fraction of sp³-hybridized carbons (Fsp3) is 0.333. The third-order valence-electron chi connectivity index (χ3n) is 4.91. The molecule has 2 aromatic rings. The lowest BCUT2D eigenvalue weighted by Crippen LogP contribution is -2.30. The highest BCUT2D eigenvalue weighted by Gasteiger charge is 2.20. The van der Waals surface area contributed by atoms with Crippen LogP contribution in [0.4, 0.5) is 15.8 Å². The summed E-state index contributed by atoms with van der Waals surface area (Å²) < 4.78 is 13.4. The van der Waals surface area contributed by atoms with Crippen molar-refractivity contribution < 1.29 is 4.39 Å². The molecule has 1 aliphatic carbocycles. The molecule has 24 heavy (non-hydrogen) atoms. The van der Waals surface area contributed by atoms with Crippen LogP contribution in [0.1, 0.15) is 35.1 Å². The molecule has 2 aromatic carbocycles. The van der Waals surface area contributed by atoms with Crippen molar-refractivity contribution in [3.05, 3.63) is 58.4 Å². The van der Waals surface area contributed by atoms with Crippen LogP contribution in [0.2, 0.25) is 0 Å². The fourth-order valence-corrected chi connectivity index (χ4v) is 3.21. The molecule has 3 heteroatoms. The van der Waals surface area contributed by atoms with Crippen molar-refractivity contribution in [3.8, 4) is 11.8 Å². The van der Waals surface area contributed by atoms with E-state index in [2.05, 4.69) is 28.9 Å². The molecule has 0 unspecified atom stereocenters. The van der Waals surface area contributed by atoms with Crippen LogP contribution in [0, 0.1) is 30.5 Å². The second-order valence-electron chi connectivity index (χ2n) is 6.85. The summed E-state index contributed by atoms with van der Waals surface area (Å²) in [4.78, 5) is 2.33. The topological polar surface area (TPSA) is 29.3 Å². The molecule has 2 nitrogen and oxygen atoms in total. The predicted octanol–water partition coefficient (Wildman–Crippen LogP) is 4.04. The molecule has 0 bridgehead atoms. The van der Waals surface area contributed by atoms with Crippen LogP contribution in [0.25, 0.3) is 0 Å². The Hall–Kier alpha value is -2.47. The highest BCUT2D eigenvalue weighted by atomic mass is 19.1. The van der Waals surface area contributed by atoms with Crippen LogP contribution < -0.4 is 10.6 Å². The smallest absolute Gasteiger partial charge is 0.123 e. The van der Waals surface area contributed by atoms with Crippen molar-refractivity contribution in [2.75, 3.05) is 17.2 Å². The van der Waals surface area contributed by atoms with Gasteiger partial charge in [0, 0.05) is 30.3 Å². The van der Waals surface area contributed by atoms with Gasteiger partial charge in [0.1, 0.15) is 5.82 Å². The molecule has 0 aromatic heterocycles. The highest BCUT2D eigenvalue weighted by Crippen LogP contribution is 2.31. The maximum atomic E-state index is 13.4. The first kappa shape index (κ1) is 15.1. The molecule has 2 aliphatic rings. The highest BCUT2D eigenvalue weighted by molar-refractivity contribution is 5.68. The number of hydrogen-bond acceptors (Lipinski definition) is 2. The Labute approximate surface area is 142 Å². The zero-order chi connectivity index (χ0) is 16.7. The Kier molecular flexibility index (Phi) is 3.69. The van der Waals surface area contributed by atoms with Gasteiger partial charge >= 0.3 is 0 Å². The zero-order valence-electron chi connectivity index (χ0n) is 13.9. The second-order valence-corrected chi connectivity index (χ2v) is 6.85. The summed E-state index contributed by atoms with van der Waals surface area (Å²) in [5.74, 6) is 6.98. The summed E-state index contributed by atoms with van der Waals surface area (Å²) in [7, 11) is 0. The fourth-order valence-electron chi connectivity index (χ4n) is 3.21. The van der Waals surface area contributed by atoms with E-state index in [0.717, 1.165) is 47.6 Å². The van der Waals surface area contributed by atoms with Crippen molar-refractivity contribution in [1.82, 2.24) is 0 Å². The molecular formula is C21H21FN2. The number of nitrogens with zero attached hydrogens (tertiary/aromatic N) is 1. The Morgan fingerprint density at radius 3 is 2.79 bits per heavy atom. The van der Waals surface area contributed by atoms with E-state index in [1.807, 2.05) is 13.0 Å². The molecule has 1 saturated carbocycles. The molecule has 4 rings (SSSR count). The molecule has 2 N–H and O–H groups in total. The molecule has 1 aliphatic heterocycles. The Bertz CT molecular complexity index is 856. The average molecular weight is 320 g/mol. The number of fused-ring (bicyclic) bond motifs is 1. The monoisotopic (exact) mass is 320 g/mol. The Morgan fingerprint density at radius 1 is 1.17 bits per heavy atom. The molecule has 122 valence electrons. The first-order chi connectivity index (χ1) is 11.6. The van der Waals surface area contributed by atoms with Gasteiger partial charge in [0.15, 0.2) is 0 Å². The maximum Gasteiger partial charge on any atom is 0.123 e. The number of benzene rings is 2. The van der Waals surface area contributed by atoms with Gasteiger partial charge in [0.25, 0.3) is 0 Å². The summed E-state index contributed by atoms with van der Waals surface area (Å²) >= 11 is 0. The van der Waals surface area contributed by atoms with Crippen molar-refractivity contribution in [2.24, 2.45) is 5.92 Å². The first-order valence-corrected chi connectivity index (χ1v) is 8.54. The number of aryl methyl sites for hydroxylation is 1. The lowest BCUT2D eigenvalue weighted by atomic mass is 9.98. The third kappa shape index (κ3) is 2.97. The zero-order valence-corrected chi connectivity index (χ0v) is 13.9. The van der Waals surface area contributed by atoms with Gasteiger partial charge in [-0.2, -0.15) is 0 Å². The van der Waals surface area contributed by atoms with Crippen LogP contribution in [0.3, 0.4) is 0 Å². The van der Waals surface area contributed by atoms with Crippen LogP contribution in [0.15, 0.2) is 30.3 Å². The Morgan fingerprint density at radius 2 is 2.00 bits per heavy atom. The largest absolute Gasteiger partial charge is 0.398 e. The third-order valence-corrected chi connectivity index (χ3v) is 4.91. The average Bonchev–Trinajstić information content (AvgIpc) is 3.40. The summed E-state index contributed by atoms with van der Waals surface area (Å²) in [5.41, 5.74) is 12.5. The predicted molar refractivity (Wildman–Crippen MR) is 96.3 cm³/mol. The van der Waals surface area contributed by atoms with Crippen LogP contribution >= 0.6 is 0 Å². The van der Waals surface area contributed by atoms with E-state index in [1.165, 1.54) is 18.4 Å². The van der Waals surface area contributed by atoms with Gasteiger partial charge in [-0.05, 0) is 67.1 Å². The standard InChI is InChI=1S/C21H21FN2/c1-14-10-20(12-17(21(14)23)5-4-15-2-3-15)24-9-8-16-11-19(22)7-6-18(16)13-24/h6-7,10-12,15H,2-3,8-9,13,23H2,1H3. The summed E-state index contributed by atoms with van der Waals surface area (Å²) in [6.07, 6.45) is 3.29. The maximum absolute atomic E-state index is 13.4. The lowest BCUT2D eigenvalue weighted by molar-refractivity contribution is 0.619. The normalized spacial score (nSPS) is 16.3. The summed E-state index contributed by atoms with van der Waals surface area (Å²) in [5, 5.41) is 0. The van der Waals surface area contributed by atoms with Gasteiger partial charge in [-0.15, -0.1) is 0 Å². The van der Waals surface area contributed by atoms with Gasteiger partial charge in [-0.25, -0.2) is 4.39 Å². The quantitative estimate of drug-likeness (QED) is 0.635. The Balaban J connectivity index is 1.65. The minimum Gasteiger partial charge on any atom is -0.398 e. The lowest BCUT2D eigenvalue weighted by Gasteiger charge is -2.31. The number of halogens is 1. The van der Waals surface area contributed by atoms with E-state index in [-0.39, 0.29) is 5.82 Å². The summed E-state index contributed by atoms with van der Waals surface area (Å²) in [6, 6.07) is 9.34. The summed E-state index contributed by atoms with van der Waals surface area (Å²) in [6.45, 7) is 3.72. The number of nitrogens with two attached hydrogens (primary N) is 1. The van der Waals surface area contributed by atoms with E-state index in [4.69, 9.17) is 5.73 Å². The minimum absolute atomic E-state index is 0.150. The van der Waals surface area contributed by atoms with E-state index in [9.17, 15) is 4.39 Å². The molecule has 1 heterocycles. The van der Waals surface area contributed by atoms with Crippen molar-refractivity contribution >= 4 is 11.4 Å². The van der Waals surface area contributed by atoms with E-state index in [1.54, 1.807) is 12.1 Å². The number of anilines is 2. The molecule has 0 atom stereocenters. The van der Waals surface area contributed by atoms with Crippen LogP contribution in [0.5, 0.6) is 0 Å². The van der Waals surface area contributed by atoms with Crippen molar-refractivity contribution in [2.45, 2.75) is 32.7 Å². The van der Waals surface area contributed by atoms with Crippen LogP contribution in [-0.4, -0.2) is 6.54 Å².